The number of nitrogens with one attached hydrogen (secondary N) is 1. The molecule has 8 nitrogen and oxygen atoms in total. The number of aromatic nitrogens is 2. The van der Waals surface area contributed by atoms with Gasteiger partial charge in [-0.2, -0.15) is 4.98 Å². The maximum atomic E-state index is 14.9. The molecule has 4 aromatic rings. The Labute approximate surface area is 249 Å². The van der Waals surface area contributed by atoms with Crippen LogP contribution in [0.25, 0.3) is 34.0 Å². The third kappa shape index (κ3) is 6.22. The van der Waals surface area contributed by atoms with Gasteiger partial charge in [-0.25, -0.2) is 4.39 Å². The van der Waals surface area contributed by atoms with E-state index in [0.29, 0.717) is 36.6 Å². The van der Waals surface area contributed by atoms with Crippen molar-refractivity contribution < 1.29 is 23.6 Å². The normalized spacial score (nSPS) is 17.4. The largest absolute Gasteiger partial charge is 0.480 e. The third-order valence-electron chi connectivity index (χ3n) is 8.84. The summed E-state index contributed by atoms with van der Waals surface area (Å²) in [6.07, 6.45) is 5.76. The van der Waals surface area contributed by atoms with Crippen LogP contribution in [0.2, 0.25) is 0 Å². The number of piperidine rings is 1. The van der Waals surface area contributed by atoms with Gasteiger partial charge in [0.25, 0.3) is 5.89 Å². The summed E-state index contributed by atoms with van der Waals surface area (Å²) in [6, 6.07) is 22.1. The molecule has 2 aliphatic rings. The highest BCUT2D eigenvalue weighted by atomic mass is 19.1. The molecule has 1 amide bonds. The van der Waals surface area contributed by atoms with E-state index in [1.807, 2.05) is 54.6 Å². The number of amides is 1. The molecule has 2 heterocycles. The molecular weight excluding hydrogens is 547 g/mol. The highest BCUT2D eigenvalue weighted by Crippen LogP contribution is 2.34. The van der Waals surface area contributed by atoms with Crippen molar-refractivity contribution in [2.45, 2.75) is 57.5 Å². The smallest absolute Gasteiger partial charge is 0.319 e. The summed E-state index contributed by atoms with van der Waals surface area (Å²) in [6.45, 7) is 1.70. The first-order valence-corrected chi connectivity index (χ1v) is 15.0. The Kier molecular flexibility index (Phi) is 8.33. The summed E-state index contributed by atoms with van der Waals surface area (Å²) < 4.78 is 20.3. The van der Waals surface area contributed by atoms with Crippen LogP contribution in [-0.2, 0) is 16.1 Å². The number of carboxylic acids is 1. The average Bonchev–Trinajstić information content (AvgIpc) is 3.53. The fourth-order valence-electron chi connectivity index (χ4n) is 6.18. The van der Waals surface area contributed by atoms with Crippen LogP contribution in [0.1, 0.15) is 50.5 Å². The van der Waals surface area contributed by atoms with Crippen molar-refractivity contribution in [2.75, 3.05) is 13.1 Å². The number of halogens is 1. The number of benzene rings is 3. The van der Waals surface area contributed by atoms with E-state index in [2.05, 4.69) is 20.4 Å². The first kappa shape index (κ1) is 28.7. The summed E-state index contributed by atoms with van der Waals surface area (Å²) in [5.74, 6) is -1.08. The lowest BCUT2D eigenvalue weighted by atomic mass is 9.77. The topological polar surface area (TPSA) is 109 Å². The summed E-state index contributed by atoms with van der Waals surface area (Å²) >= 11 is 0. The average molecular weight is 583 g/mol. The van der Waals surface area contributed by atoms with E-state index in [9.17, 15) is 19.1 Å². The van der Waals surface area contributed by atoms with Gasteiger partial charge in [0.2, 0.25) is 11.7 Å². The lowest BCUT2D eigenvalue weighted by Gasteiger charge is -2.38. The van der Waals surface area contributed by atoms with E-state index in [1.165, 1.54) is 12.5 Å². The molecule has 2 fully saturated rings. The highest BCUT2D eigenvalue weighted by Gasteiger charge is 2.48. The van der Waals surface area contributed by atoms with Gasteiger partial charge in [0, 0.05) is 42.4 Å². The van der Waals surface area contributed by atoms with Crippen molar-refractivity contribution in [1.29, 1.82) is 0 Å². The van der Waals surface area contributed by atoms with Gasteiger partial charge in [0.05, 0.1) is 0 Å². The molecule has 6 rings (SSSR count). The van der Waals surface area contributed by atoms with Crippen LogP contribution in [0.3, 0.4) is 0 Å². The molecule has 0 spiro atoms. The number of carbonyl (C=O) groups excluding carboxylic acids is 1. The van der Waals surface area contributed by atoms with Crippen LogP contribution < -0.4 is 5.32 Å². The van der Waals surface area contributed by atoms with E-state index >= 15 is 0 Å². The van der Waals surface area contributed by atoms with Gasteiger partial charge in [-0.15, -0.1) is 0 Å². The number of hydrogen-bond donors (Lipinski definition) is 2. The zero-order chi connectivity index (χ0) is 29.8. The zero-order valence-corrected chi connectivity index (χ0v) is 24.0. The number of nitrogens with zero attached hydrogens (tertiary/aromatic N) is 3. The van der Waals surface area contributed by atoms with Gasteiger partial charge in [0.15, 0.2) is 0 Å². The zero-order valence-electron chi connectivity index (χ0n) is 24.0. The molecule has 2 N–H and O–H groups in total. The second-order valence-corrected chi connectivity index (χ2v) is 11.7. The quantitative estimate of drug-likeness (QED) is 0.234. The van der Waals surface area contributed by atoms with E-state index in [1.54, 1.807) is 12.1 Å². The number of rotatable bonds is 8. The Morgan fingerprint density at radius 3 is 2.30 bits per heavy atom. The summed E-state index contributed by atoms with van der Waals surface area (Å²) in [5.41, 5.74) is 2.26. The van der Waals surface area contributed by atoms with Crippen LogP contribution in [0.5, 0.6) is 0 Å². The van der Waals surface area contributed by atoms with Gasteiger partial charge in [-0.3, -0.25) is 14.5 Å². The van der Waals surface area contributed by atoms with Crippen LogP contribution in [0.15, 0.2) is 77.3 Å². The van der Waals surface area contributed by atoms with Crippen LogP contribution in [0, 0.1) is 11.2 Å². The monoisotopic (exact) mass is 582 g/mol. The molecule has 1 saturated heterocycles. The lowest BCUT2D eigenvalue weighted by molar-refractivity contribution is -0.159. The molecule has 0 atom stereocenters. The van der Waals surface area contributed by atoms with Crippen molar-refractivity contribution in [1.82, 2.24) is 20.4 Å². The maximum Gasteiger partial charge on any atom is 0.319 e. The van der Waals surface area contributed by atoms with Gasteiger partial charge in [0.1, 0.15) is 11.2 Å². The molecule has 1 saturated carbocycles. The Bertz CT molecular complexity index is 1570. The first-order chi connectivity index (χ1) is 20.9. The summed E-state index contributed by atoms with van der Waals surface area (Å²) in [5, 5.41) is 17.2. The number of likely N-dealkylation sites (tertiary alicyclic amines) is 1. The molecular formula is C34H35FN4O4. The molecule has 0 radical (unpaired) electrons. The molecule has 0 bridgehead atoms. The van der Waals surface area contributed by atoms with Gasteiger partial charge in [-0.1, -0.05) is 85.1 Å². The van der Waals surface area contributed by atoms with Crippen LogP contribution in [-0.4, -0.2) is 51.2 Å². The van der Waals surface area contributed by atoms with Crippen molar-refractivity contribution in [3.05, 3.63) is 84.2 Å². The predicted molar refractivity (Wildman–Crippen MR) is 160 cm³/mol. The Morgan fingerprint density at radius 1 is 0.930 bits per heavy atom. The summed E-state index contributed by atoms with van der Waals surface area (Å²) in [4.78, 5) is 32.0. The lowest BCUT2D eigenvalue weighted by Crippen LogP contribution is -2.55. The second-order valence-electron chi connectivity index (χ2n) is 11.7. The maximum absolute atomic E-state index is 14.9. The SMILES string of the molecule is O=C(O)C1(C(=O)NC2CCCCC2)CCN(Cc2ccc(-c3noc(-c4ccc(-c5ccccc5)c(F)c4)n3)cc2)CC1. The number of hydrogen-bond acceptors (Lipinski definition) is 6. The standard InChI is InChI=1S/C34H35FN4O4/c35-29-21-26(15-16-28(29)24-7-3-1-4-8-24)31-37-30(38-43-31)25-13-11-23(12-14-25)22-39-19-17-34(18-20-39,33(41)42)32(40)36-27-9-5-2-6-10-27/h1,3-4,7-8,11-16,21,27H,2,5-6,9-10,17-20,22H2,(H,36,40)(H,41,42). The Morgan fingerprint density at radius 2 is 1.63 bits per heavy atom. The number of aliphatic carboxylic acids is 1. The molecule has 1 aliphatic carbocycles. The fraction of sp³-hybridized carbons (Fsp3) is 0.353. The molecule has 0 unspecified atom stereocenters. The Balaban J connectivity index is 1.07. The van der Waals surface area contributed by atoms with Gasteiger partial charge < -0.3 is 14.9 Å². The van der Waals surface area contributed by atoms with E-state index in [0.717, 1.165) is 42.4 Å². The number of carboxylic acid groups (broad SMARTS) is 1. The van der Waals surface area contributed by atoms with Gasteiger partial charge in [-0.05, 0) is 48.9 Å². The molecule has 1 aliphatic heterocycles. The van der Waals surface area contributed by atoms with Crippen LogP contribution in [0.4, 0.5) is 4.39 Å². The molecule has 9 heteroatoms. The third-order valence-corrected chi connectivity index (χ3v) is 8.84. The fourth-order valence-corrected chi connectivity index (χ4v) is 6.18. The summed E-state index contributed by atoms with van der Waals surface area (Å²) in [7, 11) is 0. The van der Waals surface area contributed by atoms with Crippen molar-refractivity contribution in [3.8, 4) is 34.0 Å². The predicted octanol–water partition coefficient (Wildman–Crippen LogP) is 6.33. The highest BCUT2D eigenvalue weighted by molar-refractivity contribution is 6.02. The van der Waals surface area contributed by atoms with E-state index in [-0.39, 0.29) is 36.5 Å². The molecule has 43 heavy (non-hydrogen) atoms. The minimum absolute atomic E-state index is 0.0886. The van der Waals surface area contributed by atoms with E-state index in [4.69, 9.17) is 4.52 Å². The van der Waals surface area contributed by atoms with Crippen LogP contribution >= 0.6 is 0 Å². The van der Waals surface area contributed by atoms with Gasteiger partial charge >= 0.3 is 5.97 Å². The number of carbonyl (C=O) groups is 2. The van der Waals surface area contributed by atoms with Crippen molar-refractivity contribution >= 4 is 11.9 Å². The molecule has 1 aromatic heterocycles. The van der Waals surface area contributed by atoms with E-state index < -0.39 is 11.4 Å². The molecule has 3 aromatic carbocycles. The minimum Gasteiger partial charge on any atom is -0.480 e. The Hall–Kier alpha value is -4.37. The first-order valence-electron chi connectivity index (χ1n) is 15.0. The minimum atomic E-state index is -1.36. The second kappa shape index (κ2) is 12.5. The molecule has 222 valence electrons. The van der Waals surface area contributed by atoms with Crippen molar-refractivity contribution in [2.24, 2.45) is 5.41 Å². The van der Waals surface area contributed by atoms with Crippen molar-refractivity contribution in [3.63, 3.8) is 0 Å².